The molecule has 2 N–H and O–H groups in total. The Balaban J connectivity index is 2.15. The predicted molar refractivity (Wildman–Crippen MR) is 106 cm³/mol. The average molecular weight is 407 g/mol. The first-order valence-corrected chi connectivity index (χ1v) is 9.45. The molecule has 0 fully saturated rings. The van der Waals surface area contributed by atoms with E-state index in [1.54, 1.807) is 43.3 Å². The van der Waals surface area contributed by atoms with Crippen LogP contribution in [0.1, 0.15) is 24.5 Å². The largest absolute Gasteiger partial charge is 0.396 e. The van der Waals surface area contributed by atoms with Gasteiger partial charge in [0, 0.05) is 24.7 Å². The van der Waals surface area contributed by atoms with Gasteiger partial charge in [0.1, 0.15) is 11.9 Å². The SMILES string of the molecule is C[C@@H](C(=O)NCCCO)N(Cc1ccc(F)cc1)C(=O)Cc1ccc(Cl)cc1. The zero-order valence-electron chi connectivity index (χ0n) is 15.7. The highest BCUT2D eigenvalue weighted by Crippen LogP contribution is 2.15. The van der Waals surface area contributed by atoms with Crippen LogP contribution >= 0.6 is 11.6 Å². The van der Waals surface area contributed by atoms with Crippen molar-refractivity contribution in [3.8, 4) is 0 Å². The molecular weight excluding hydrogens is 383 g/mol. The number of nitrogens with zero attached hydrogens (tertiary/aromatic N) is 1. The number of hydrogen-bond donors (Lipinski definition) is 2. The Kier molecular flexibility index (Phi) is 8.42. The second kappa shape index (κ2) is 10.8. The Morgan fingerprint density at radius 3 is 2.32 bits per heavy atom. The molecule has 0 aromatic heterocycles. The summed E-state index contributed by atoms with van der Waals surface area (Å²) in [7, 11) is 0. The molecule has 2 aromatic rings. The van der Waals surface area contributed by atoms with E-state index in [0.29, 0.717) is 18.0 Å². The van der Waals surface area contributed by atoms with Crippen molar-refractivity contribution in [1.82, 2.24) is 10.2 Å². The van der Waals surface area contributed by atoms with Crippen LogP contribution in [0, 0.1) is 5.82 Å². The van der Waals surface area contributed by atoms with Crippen LogP contribution in [0.4, 0.5) is 4.39 Å². The summed E-state index contributed by atoms with van der Waals surface area (Å²) in [6, 6.07) is 12.1. The van der Waals surface area contributed by atoms with Crippen molar-refractivity contribution in [2.45, 2.75) is 32.4 Å². The van der Waals surface area contributed by atoms with E-state index < -0.39 is 6.04 Å². The van der Waals surface area contributed by atoms with Crippen LogP contribution in [0.15, 0.2) is 48.5 Å². The van der Waals surface area contributed by atoms with Crippen LogP contribution in [-0.4, -0.2) is 41.0 Å². The van der Waals surface area contributed by atoms with Crippen LogP contribution in [-0.2, 0) is 22.6 Å². The van der Waals surface area contributed by atoms with E-state index in [4.69, 9.17) is 16.7 Å². The molecule has 0 bridgehead atoms. The van der Waals surface area contributed by atoms with Gasteiger partial charge in [0.15, 0.2) is 0 Å². The molecule has 0 spiro atoms. The van der Waals surface area contributed by atoms with Crippen molar-refractivity contribution in [2.24, 2.45) is 0 Å². The van der Waals surface area contributed by atoms with Gasteiger partial charge in [0.2, 0.25) is 11.8 Å². The van der Waals surface area contributed by atoms with Gasteiger partial charge in [0.05, 0.1) is 6.42 Å². The molecule has 0 heterocycles. The quantitative estimate of drug-likeness (QED) is 0.629. The van der Waals surface area contributed by atoms with Gasteiger partial charge in [0.25, 0.3) is 0 Å². The molecule has 0 saturated carbocycles. The van der Waals surface area contributed by atoms with Gasteiger partial charge in [-0.15, -0.1) is 0 Å². The minimum absolute atomic E-state index is 0.0244. The van der Waals surface area contributed by atoms with E-state index in [0.717, 1.165) is 11.1 Å². The van der Waals surface area contributed by atoms with Crippen molar-refractivity contribution in [1.29, 1.82) is 0 Å². The highest BCUT2D eigenvalue weighted by Gasteiger charge is 2.26. The van der Waals surface area contributed by atoms with Gasteiger partial charge in [-0.05, 0) is 48.7 Å². The smallest absolute Gasteiger partial charge is 0.242 e. The molecule has 2 rings (SSSR count). The predicted octanol–water partition coefficient (Wildman–Crippen LogP) is 2.94. The highest BCUT2D eigenvalue weighted by molar-refractivity contribution is 6.30. The summed E-state index contributed by atoms with van der Waals surface area (Å²) >= 11 is 5.89. The van der Waals surface area contributed by atoms with Crippen LogP contribution < -0.4 is 5.32 Å². The van der Waals surface area contributed by atoms with Crippen molar-refractivity contribution in [3.05, 3.63) is 70.5 Å². The zero-order chi connectivity index (χ0) is 20.5. The molecule has 7 heteroatoms. The van der Waals surface area contributed by atoms with Crippen molar-refractivity contribution in [2.75, 3.05) is 13.2 Å². The lowest BCUT2D eigenvalue weighted by Crippen LogP contribution is -2.48. The summed E-state index contributed by atoms with van der Waals surface area (Å²) < 4.78 is 13.2. The van der Waals surface area contributed by atoms with Gasteiger partial charge >= 0.3 is 0 Å². The molecule has 5 nitrogen and oxygen atoms in total. The van der Waals surface area contributed by atoms with Crippen molar-refractivity contribution >= 4 is 23.4 Å². The molecule has 0 unspecified atom stereocenters. The second-order valence-corrected chi connectivity index (χ2v) is 6.93. The molecule has 28 heavy (non-hydrogen) atoms. The number of hydrogen-bond acceptors (Lipinski definition) is 3. The minimum atomic E-state index is -0.719. The summed E-state index contributed by atoms with van der Waals surface area (Å²) in [5.74, 6) is -0.894. The average Bonchev–Trinajstić information content (AvgIpc) is 2.68. The van der Waals surface area contributed by atoms with Crippen LogP contribution in [0.25, 0.3) is 0 Å². The summed E-state index contributed by atoms with van der Waals surface area (Å²) in [5, 5.41) is 12.2. The van der Waals surface area contributed by atoms with E-state index >= 15 is 0 Å². The van der Waals surface area contributed by atoms with Crippen molar-refractivity contribution in [3.63, 3.8) is 0 Å². The molecule has 2 amide bonds. The molecule has 0 saturated heterocycles. The maximum Gasteiger partial charge on any atom is 0.242 e. The van der Waals surface area contributed by atoms with Crippen LogP contribution in [0.2, 0.25) is 5.02 Å². The third-order valence-corrected chi connectivity index (χ3v) is 4.59. The number of aliphatic hydroxyl groups is 1. The molecular formula is C21H24ClFN2O3. The Labute approximate surface area is 169 Å². The molecule has 0 radical (unpaired) electrons. The maximum absolute atomic E-state index is 13.2. The third-order valence-electron chi connectivity index (χ3n) is 4.34. The first kappa shape index (κ1) is 21.9. The standard InChI is InChI=1S/C21H24ClFN2O3/c1-15(21(28)24-11-2-12-26)25(14-17-5-9-19(23)10-6-17)20(27)13-16-3-7-18(22)8-4-16/h3-10,15,26H,2,11-14H2,1H3,(H,24,28)/t15-/m0/s1. The number of rotatable bonds is 9. The van der Waals surface area contributed by atoms with Crippen LogP contribution in [0.5, 0.6) is 0 Å². The van der Waals surface area contributed by atoms with Gasteiger partial charge in [-0.1, -0.05) is 35.9 Å². The minimum Gasteiger partial charge on any atom is -0.396 e. The number of carbonyl (C=O) groups is 2. The zero-order valence-corrected chi connectivity index (χ0v) is 16.5. The fraction of sp³-hybridized carbons (Fsp3) is 0.333. The van der Waals surface area contributed by atoms with Gasteiger partial charge < -0.3 is 15.3 Å². The van der Waals surface area contributed by atoms with E-state index in [2.05, 4.69) is 5.32 Å². The summed E-state index contributed by atoms with van der Waals surface area (Å²) in [5.41, 5.74) is 1.51. The van der Waals surface area contributed by atoms with Gasteiger partial charge in [-0.2, -0.15) is 0 Å². The lowest BCUT2D eigenvalue weighted by Gasteiger charge is -2.29. The van der Waals surface area contributed by atoms with Gasteiger partial charge in [-0.3, -0.25) is 9.59 Å². The Hall–Kier alpha value is -2.44. The van der Waals surface area contributed by atoms with E-state index in [1.807, 2.05) is 0 Å². The van der Waals surface area contributed by atoms with E-state index in [-0.39, 0.29) is 37.2 Å². The third kappa shape index (κ3) is 6.62. The molecule has 2 aromatic carbocycles. The number of amides is 2. The monoisotopic (exact) mass is 406 g/mol. The van der Waals surface area contributed by atoms with Crippen molar-refractivity contribution < 1.29 is 19.1 Å². The topological polar surface area (TPSA) is 69.6 Å². The molecule has 0 aliphatic heterocycles. The summed E-state index contributed by atoms with van der Waals surface area (Å²) in [4.78, 5) is 26.9. The lowest BCUT2D eigenvalue weighted by atomic mass is 10.1. The molecule has 0 aliphatic carbocycles. The number of halogens is 2. The van der Waals surface area contributed by atoms with Crippen LogP contribution in [0.3, 0.4) is 0 Å². The first-order valence-electron chi connectivity index (χ1n) is 9.07. The molecule has 1 atom stereocenters. The van der Waals surface area contributed by atoms with E-state index in [1.165, 1.54) is 17.0 Å². The molecule has 0 aliphatic rings. The lowest BCUT2D eigenvalue weighted by molar-refractivity contribution is -0.140. The molecule has 150 valence electrons. The number of nitrogens with one attached hydrogen (secondary N) is 1. The maximum atomic E-state index is 13.2. The Morgan fingerprint density at radius 2 is 1.71 bits per heavy atom. The second-order valence-electron chi connectivity index (χ2n) is 6.50. The summed E-state index contributed by atoms with van der Waals surface area (Å²) in [6.45, 7) is 2.14. The normalized spacial score (nSPS) is 11.7. The summed E-state index contributed by atoms with van der Waals surface area (Å²) in [6.07, 6.45) is 0.557. The Bertz CT molecular complexity index is 781. The van der Waals surface area contributed by atoms with E-state index in [9.17, 15) is 14.0 Å². The number of benzene rings is 2. The Morgan fingerprint density at radius 1 is 1.11 bits per heavy atom. The number of carbonyl (C=O) groups excluding carboxylic acids is 2. The highest BCUT2D eigenvalue weighted by atomic mass is 35.5. The number of aliphatic hydroxyl groups excluding tert-OH is 1. The first-order chi connectivity index (χ1) is 13.4. The fourth-order valence-corrected chi connectivity index (χ4v) is 2.81. The van der Waals surface area contributed by atoms with Gasteiger partial charge in [-0.25, -0.2) is 4.39 Å². The fourth-order valence-electron chi connectivity index (χ4n) is 2.69.